The Balaban J connectivity index is 1.46. The number of hydrogen-bond donors (Lipinski definition) is 2. The highest BCUT2D eigenvalue weighted by Gasteiger charge is 2.25. The van der Waals surface area contributed by atoms with Gasteiger partial charge in [-0.15, -0.1) is 11.3 Å². The highest BCUT2D eigenvalue weighted by atomic mass is 32.1. The lowest BCUT2D eigenvalue weighted by Gasteiger charge is -2.10. The van der Waals surface area contributed by atoms with E-state index in [2.05, 4.69) is 15.6 Å². The molecule has 1 aliphatic heterocycles. The van der Waals surface area contributed by atoms with Gasteiger partial charge in [0.15, 0.2) is 5.13 Å². The molecule has 0 bridgehead atoms. The first kappa shape index (κ1) is 15.0. The number of thiazole rings is 1. The molecular formula is C14H18N4O3S. The van der Waals surface area contributed by atoms with Crippen LogP contribution in [-0.4, -0.2) is 41.8 Å². The molecule has 22 heavy (non-hydrogen) atoms. The molecule has 0 spiro atoms. The molecule has 2 aliphatic rings. The summed E-state index contributed by atoms with van der Waals surface area (Å²) in [6, 6.07) is 0.295. The zero-order valence-corrected chi connectivity index (χ0v) is 12.9. The summed E-state index contributed by atoms with van der Waals surface area (Å²) in [5.41, 5.74) is 0.625. The maximum Gasteiger partial charge on any atom is 0.239 e. The average Bonchev–Trinajstić information content (AvgIpc) is 2.99. The molecule has 3 amide bonds. The van der Waals surface area contributed by atoms with Crippen molar-refractivity contribution in [3.05, 3.63) is 11.1 Å². The lowest BCUT2D eigenvalue weighted by atomic mass is 10.3. The average molecular weight is 322 g/mol. The van der Waals surface area contributed by atoms with Crippen LogP contribution in [0.2, 0.25) is 0 Å². The Bertz CT molecular complexity index is 597. The van der Waals surface area contributed by atoms with Crippen molar-refractivity contribution in [1.29, 1.82) is 0 Å². The molecule has 3 rings (SSSR count). The summed E-state index contributed by atoms with van der Waals surface area (Å²) in [6.45, 7) is 0.691. The van der Waals surface area contributed by atoms with Crippen molar-refractivity contribution in [3.8, 4) is 0 Å². The van der Waals surface area contributed by atoms with E-state index in [1.54, 1.807) is 10.3 Å². The first-order valence-electron chi connectivity index (χ1n) is 7.42. The Kier molecular flexibility index (Phi) is 4.37. The number of carbonyl (C=O) groups excluding carboxylic acids is 3. The molecule has 7 nitrogen and oxygen atoms in total. The number of nitrogens with one attached hydrogen (secondary N) is 2. The summed E-state index contributed by atoms with van der Waals surface area (Å²) < 4.78 is 0. The minimum Gasteiger partial charge on any atom is -0.352 e. The van der Waals surface area contributed by atoms with Gasteiger partial charge in [-0.2, -0.15) is 0 Å². The zero-order valence-electron chi connectivity index (χ0n) is 12.1. The third-order valence-corrected chi connectivity index (χ3v) is 4.49. The third-order valence-electron chi connectivity index (χ3n) is 3.57. The van der Waals surface area contributed by atoms with Crippen LogP contribution in [0.25, 0.3) is 0 Å². The third kappa shape index (κ3) is 3.82. The smallest absolute Gasteiger partial charge is 0.239 e. The Labute approximate surface area is 132 Å². The topological polar surface area (TPSA) is 91.4 Å². The van der Waals surface area contributed by atoms with Gasteiger partial charge in [-0.25, -0.2) is 4.98 Å². The van der Waals surface area contributed by atoms with Crippen LogP contribution in [0.15, 0.2) is 5.38 Å². The molecule has 1 saturated carbocycles. The van der Waals surface area contributed by atoms with Crippen molar-refractivity contribution >= 4 is 34.2 Å². The van der Waals surface area contributed by atoms with E-state index in [4.69, 9.17) is 0 Å². The molecule has 2 N–H and O–H groups in total. The van der Waals surface area contributed by atoms with Gasteiger partial charge in [0, 0.05) is 24.4 Å². The Hall–Kier alpha value is -1.96. The van der Waals surface area contributed by atoms with E-state index >= 15 is 0 Å². The fraction of sp³-hybridized carbons (Fsp3) is 0.571. The predicted molar refractivity (Wildman–Crippen MR) is 81.6 cm³/mol. The molecular weight excluding hydrogens is 304 g/mol. The maximum atomic E-state index is 11.8. The highest BCUT2D eigenvalue weighted by molar-refractivity contribution is 7.14. The van der Waals surface area contributed by atoms with Crippen molar-refractivity contribution in [2.45, 2.75) is 38.1 Å². The lowest BCUT2D eigenvalue weighted by Crippen LogP contribution is -2.38. The van der Waals surface area contributed by atoms with Crippen LogP contribution < -0.4 is 15.5 Å². The van der Waals surface area contributed by atoms with Gasteiger partial charge in [0.1, 0.15) is 0 Å². The van der Waals surface area contributed by atoms with Crippen LogP contribution in [0, 0.1) is 0 Å². The van der Waals surface area contributed by atoms with Crippen LogP contribution in [-0.2, 0) is 20.8 Å². The first-order valence-corrected chi connectivity index (χ1v) is 8.30. The molecule has 1 aromatic heterocycles. The molecule has 0 radical (unpaired) electrons. The van der Waals surface area contributed by atoms with Gasteiger partial charge >= 0.3 is 0 Å². The number of aromatic nitrogens is 1. The molecule has 118 valence electrons. The minimum absolute atomic E-state index is 0.00304. The van der Waals surface area contributed by atoms with Crippen LogP contribution in [0.3, 0.4) is 0 Å². The fourth-order valence-corrected chi connectivity index (χ4v) is 3.13. The minimum atomic E-state index is -0.240. The highest BCUT2D eigenvalue weighted by Crippen LogP contribution is 2.25. The number of rotatable bonds is 6. The molecule has 2 fully saturated rings. The van der Waals surface area contributed by atoms with Crippen LogP contribution >= 0.6 is 11.3 Å². The van der Waals surface area contributed by atoms with E-state index in [1.807, 2.05) is 0 Å². The Morgan fingerprint density at radius 2 is 2.18 bits per heavy atom. The quantitative estimate of drug-likeness (QED) is 0.783. The van der Waals surface area contributed by atoms with E-state index in [9.17, 15) is 14.4 Å². The molecule has 0 unspecified atom stereocenters. The second-order valence-corrected chi connectivity index (χ2v) is 6.40. The van der Waals surface area contributed by atoms with Crippen LogP contribution in [0.4, 0.5) is 5.13 Å². The molecule has 2 heterocycles. The van der Waals surface area contributed by atoms with Crippen LogP contribution in [0.1, 0.15) is 31.4 Å². The SMILES string of the molecule is O=C(Cc1csc(N2CCCC2=O)n1)NCC(=O)NC1CC1. The molecule has 8 heteroatoms. The Morgan fingerprint density at radius 3 is 2.86 bits per heavy atom. The van der Waals surface area contributed by atoms with Gasteiger partial charge in [-0.1, -0.05) is 0 Å². The molecule has 1 aromatic rings. The monoisotopic (exact) mass is 322 g/mol. The van der Waals surface area contributed by atoms with Crippen molar-refractivity contribution in [3.63, 3.8) is 0 Å². The van der Waals surface area contributed by atoms with Gasteiger partial charge in [0.05, 0.1) is 18.7 Å². The number of amides is 3. The zero-order chi connectivity index (χ0) is 15.5. The summed E-state index contributed by atoms with van der Waals surface area (Å²) in [6.07, 6.45) is 3.58. The van der Waals surface area contributed by atoms with E-state index in [0.717, 1.165) is 19.3 Å². The number of anilines is 1. The summed E-state index contributed by atoms with van der Waals surface area (Å²) in [4.78, 5) is 40.9. The van der Waals surface area contributed by atoms with E-state index < -0.39 is 0 Å². The van der Waals surface area contributed by atoms with E-state index in [1.165, 1.54) is 11.3 Å². The fourth-order valence-electron chi connectivity index (χ4n) is 2.26. The second-order valence-electron chi connectivity index (χ2n) is 5.57. The van der Waals surface area contributed by atoms with E-state index in [-0.39, 0.29) is 30.7 Å². The van der Waals surface area contributed by atoms with Crippen LogP contribution in [0.5, 0.6) is 0 Å². The largest absolute Gasteiger partial charge is 0.352 e. The van der Waals surface area contributed by atoms with Gasteiger partial charge in [0.25, 0.3) is 0 Å². The van der Waals surface area contributed by atoms with Crippen molar-refractivity contribution in [2.24, 2.45) is 0 Å². The Morgan fingerprint density at radius 1 is 1.36 bits per heavy atom. The van der Waals surface area contributed by atoms with Crippen molar-refractivity contribution < 1.29 is 14.4 Å². The standard InChI is InChI=1S/C14H18N4O3S/c19-11(15-7-12(20)16-9-3-4-9)6-10-8-22-14(17-10)18-5-1-2-13(18)21/h8-9H,1-7H2,(H,15,19)(H,16,20). The van der Waals surface area contributed by atoms with Gasteiger partial charge in [0.2, 0.25) is 17.7 Å². The number of hydrogen-bond acceptors (Lipinski definition) is 5. The maximum absolute atomic E-state index is 11.8. The molecule has 0 atom stereocenters. The van der Waals surface area contributed by atoms with Gasteiger partial charge in [-0.3, -0.25) is 19.3 Å². The molecule has 0 aromatic carbocycles. The lowest BCUT2D eigenvalue weighted by molar-refractivity contribution is -0.125. The van der Waals surface area contributed by atoms with E-state index in [0.29, 0.717) is 29.8 Å². The summed E-state index contributed by atoms with van der Waals surface area (Å²) in [5, 5.41) is 7.82. The molecule has 1 aliphatic carbocycles. The normalized spacial score (nSPS) is 17.6. The van der Waals surface area contributed by atoms with Gasteiger partial charge < -0.3 is 10.6 Å². The van der Waals surface area contributed by atoms with Gasteiger partial charge in [-0.05, 0) is 19.3 Å². The second kappa shape index (κ2) is 6.43. The summed E-state index contributed by atoms with van der Waals surface area (Å²) in [7, 11) is 0. The number of nitrogens with zero attached hydrogens (tertiary/aromatic N) is 2. The van der Waals surface area contributed by atoms with Crippen molar-refractivity contribution in [2.75, 3.05) is 18.0 Å². The summed E-state index contributed by atoms with van der Waals surface area (Å²) >= 11 is 1.37. The first-order chi connectivity index (χ1) is 10.6. The van der Waals surface area contributed by atoms with Crippen molar-refractivity contribution in [1.82, 2.24) is 15.6 Å². The molecule has 1 saturated heterocycles. The number of carbonyl (C=O) groups is 3. The summed E-state index contributed by atoms with van der Waals surface area (Å²) in [5.74, 6) is -0.310. The predicted octanol–water partition coefficient (Wildman–Crippen LogP) is 0.207.